The van der Waals surface area contributed by atoms with Crippen LogP contribution in [-0.2, 0) is 6.42 Å². The normalized spacial score (nSPS) is 37.9. The lowest BCUT2D eigenvalue weighted by molar-refractivity contribution is -0.0648. The van der Waals surface area contributed by atoms with E-state index in [9.17, 15) is 10.2 Å². The van der Waals surface area contributed by atoms with E-state index >= 15 is 0 Å². The van der Waals surface area contributed by atoms with Gasteiger partial charge < -0.3 is 15.3 Å². The Kier molecular flexibility index (Phi) is 4.53. The number of phenols is 1. The zero-order chi connectivity index (χ0) is 18.4. The van der Waals surface area contributed by atoms with Crippen molar-refractivity contribution < 1.29 is 15.3 Å². The molecule has 0 radical (unpaired) electrons. The van der Waals surface area contributed by atoms with Gasteiger partial charge in [0.05, 0.1) is 0 Å². The summed E-state index contributed by atoms with van der Waals surface area (Å²) < 4.78 is 0. The van der Waals surface area contributed by atoms with Gasteiger partial charge in [0.15, 0.2) is 0 Å². The van der Waals surface area contributed by atoms with E-state index in [-0.39, 0.29) is 12.0 Å². The molecular weight excluding hydrogens is 324 g/mol. The maximum Gasteiger partial charge on any atom is 0.131 e. The minimum Gasteiger partial charge on any atom is -0.508 e. The fourth-order valence-corrected chi connectivity index (χ4v) is 6.17. The summed E-state index contributed by atoms with van der Waals surface area (Å²) >= 11 is 0. The minimum atomic E-state index is -0.882. The van der Waals surface area contributed by atoms with Gasteiger partial charge in [-0.3, -0.25) is 0 Å². The lowest BCUT2D eigenvalue weighted by Crippen LogP contribution is -2.50. The van der Waals surface area contributed by atoms with Crippen LogP contribution in [0.2, 0.25) is 0 Å². The van der Waals surface area contributed by atoms with Crippen molar-refractivity contribution in [2.45, 2.75) is 69.8 Å². The second-order valence-corrected chi connectivity index (χ2v) is 8.78. The van der Waals surface area contributed by atoms with Crippen LogP contribution in [0.1, 0.15) is 68.9 Å². The van der Waals surface area contributed by atoms with Crippen LogP contribution < -0.4 is 0 Å². The molecule has 140 valence electrons. The van der Waals surface area contributed by atoms with Crippen molar-refractivity contribution in [1.29, 1.82) is 0 Å². The standard InChI is InChI=1S/C23H30O3/c1-22-12-9-19-18-8-6-17(25)15-16(18)5-7-20(19)21(22)10-13-23(22,26)11-3-2-4-14-24/h6,8,15,19-21,24-26H,2,4-5,7,9-10,12-14H2,1H3/t19-,20-,21+,22+,23?/m1/s1. The summed E-state index contributed by atoms with van der Waals surface area (Å²) in [6.45, 7) is 2.42. The Morgan fingerprint density at radius 2 is 2.04 bits per heavy atom. The number of rotatable bonds is 2. The number of fused-ring (bicyclic) bond motifs is 5. The topological polar surface area (TPSA) is 60.7 Å². The Balaban J connectivity index is 1.60. The van der Waals surface area contributed by atoms with Crippen LogP contribution in [0.4, 0.5) is 0 Å². The molecule has 3 aliphatic carbocycles. The summed E-state index contributed by atoms with van der Waals surface area (Å²) in [6.07, 6.45) is 7.43. The lowest BCUT2D eigenvalue weighted by atomic mass is 9.53. The molecule has 3 heteroatoms. The first-order chi connectivity index (χ1) is 12.5. The number of aliphatic hydroxyl groups excluding tert-OH is 1. The number of phenolic OH excluding ortho intramolecular Hbond substituents is 1. The van der Waals surface area contributed by atoms with Gasteiger partial charge in [0.1, 0.15) is 11.4 Å². The van der Waals surface area contributed by atoms with E-state index in [0.717, 1.165) is 38.5 Å². The monoisotopic (exact) mass is 354 g/mol. The van der Waals surface area contributed by atoms with Crippen LogP contribution in [-0.4, -0.2) is 27.5 Å². The average Bonchev–Trinajstić information content (AvgIpc) is 2.90. The third-order valence-corrected chi connectivity index (χ3v) is 7.62. The number of aliphatic hydroxyl groups is 2. The van der Waals surface area contributed by atoms with Crippen molar-refractivity contribution in [2.75, 3.05) is 6.61 Å². The van der Waals surface area contributed by atoms with Crippen LogP contribution in [0.25, 0.3) is 0 Å². The molecule has 1 aromatic rings. The van der Waals surface area contributed by atoms with E-state index in [1.54, 1.807) is 0 Å². The van der Waals surface area contributed by atoms with E-state index in [0.29, 0.717) is 36.3 Å². The van der Waals surface area contributed by atoms with Crippen LogP contribution in [0.15, 0.2) is 18.2 Å². The molecule has 26 heavy (non-hydrogen) atoms. The number of aromatic hydroxyl groups is 1. The van der Waals surface area contributed by atoms with E-state index in [1.165, 1.54) is 11.1 Å². The first-order valence-electron chi connectivity index (χ1n) is 10.1. The Labute approximate surface area is 156 Å². The molecule has 2 fully saturated rings. The number of hydrogen-bond acceptors (Lipinski definition) is 3. The van der Waals surface area contributed by atoms with E-state index in [4.69, 9.17) is 5.11 Å². The van der Waals surface area contributed by atoms with E-state index < -0.39 is 5.60 Å². The summed E-state index contributed by atoms with van der Waals surface area (Å²) in [4.78, 5) is 0. The molecular formula is C23H30O3. The molecule has 4 rings (SSSR count). The minimum absolute atomic E-state index is 0.130. The van der Waals surface area contributed by atoms with Crippen molar-refractivity contribution in [3.8, 4) is 17.6 Å². The SMILES string of the molecule is C[C@]12CC[C@@H]3c4ccc(O)cc4CC[C@H]3[C@@H]1CCC2(O)C#CCCCO. The molecule has 2 saturated carbocycles. The second kappa shape index (κ2) is 6.59. The molecule has 3 nitrogen and oxygen atoms in total. The number of aryl methyl sites for hydroxylation is 1. The van der Waals surface area contributed by atoms with Crippen LogP contribution in [0.3, 0.4) is 0 Å². The Morgan fingerprint density at radius 1 is 1.19 bits per heavy atom. The molecule has 0 spiro atoms. The summed E-state index contributed by atoms with van der Waals surface area (Å²) in [7, 11) is 0. The highest BCUT2D eigenvalue weighted by Crippen LogP contribution is 2.64. The fourth-order valence-electron chi connectivity index (χ4n) is 6.17. The molecule has 0 heterocycles. The lowest BCUT2D eigenvalue weighted by Gasteiger charge is -2.52. The van der Waals surface area contributed by atoms with E-state index in [2.05, 4.69) is 24.8 Å². The van der Waals surface area contributed by atoms with Gasteiger partial charge in [-0.1, -0.05) is 18.9 Å². The summed E-state index contributed by atoms with van der Waals surface area (Å²) in [5, 5.41) is 30.1. The Hall–Kier alpha value is -1.50. The predicted molar refractivity (Wildman–Crippen MR) is 102 cm³/mol. The molecule has 3 N–H and O–H groups in total. The molecule has 0 aliphatic heterocycles. The molecule has 3 aliphatic rings. The van der Waals surface area contributed by atoms with E-state index in [1.807, 2.05) is 12.1 Å². The Bertz CT molecular complexity index is 746. The molecule has 0 aromatic heterocycles. The van der Waals surface area contributed by atoms with Crippen molar-refractivity contribution >= 4 is 0 Å². The zero-order valence-electron chi connectivity index (χ0n) is 15.7. The molecule has 0 amide bonds. The van der Waals surface area contributed by atoms with Crippen molar-refractivity contribution in [2.24, 2.45) is 17.3 Å². The predicted octanol–water partition coefficient (Wildman–Crippen LogP) is 3.76. The maximum absolute atomic E-state index is 11.4. The van der Waals surface area contributed by atoms with Crippen molar-refractivity contribution in [1.82, 2.24) is 0 Å². The molecule has 5 atom stereocenters. The van der Waals surface area contributed by atoms with Crippen molar-refractivity contribution in [3.63, 3.8) is 0 Å². The smallest absolute Gasteiger partial charge is 0.131 e. The van der Waals surface area contributed by atoms with Crippen LogP contribution in [0.5, 0.6) is 5.75 Å². The first kappa shape index (κ1) is 17.9. The Morgan fingerprint density at radius 3 is 2.85 bits per heavy atom. The molecule has 1 aromatic carbocycles. The maximum atomic E-state index is 11.4. The van der Waals surface area contributed by atoms with Crippen LogP contribution >= 0.6 is 0 Å². The number of hydrogen-bond donors (Lipinski definition) is 3. The molecule has 0 saturated heterocycles. The summed E-state index contributed by atoms with van der Waals surface area (Å²) in [5.41, 5.74) is 1.72. The van der Waals surface area contributed by atoms with Crippen LogP contribution in [0, 0.1) is 29.1 Å². The zero-order valence-corrected chi connectivity index (χ0v) is 15.7. The average molecular weight is 354 g/mol. The summed E-state index contributed by atoms with van der Waals surface area (Å²) in [6, 6.07) is 5.89. The van der Waals surface area contributed by atoms with Gasteiger partial charge in [-0.25, -0.2) is 0 Å². The van der Waals surface area contributed by atoms with Gasteiger partial charge in [0.2, 0.25) is 0 Å². The largest absolute Gasteiger partial charge is 0.508 e. The fraction of sp³-hybridized carbons (Fsp3) is 0.652. The van der Waals surface area contributed by atoms with Gasteiger partial charge in [-0.2, -0.15) is 0 Å². The highest BCUT2D eigenvalue weighted by Gasteiger charge is 2.61. The van der Waals surface area contributed by atoms with Gasteiger partial charge in [0.25, 0.3) is 0 Å². The van der Waals surface area contributed by atoms with Gasteiger partial charge in [-0.15, -0.1) is 5.92 Å². The van der Waals surface area contributed by atoms with Crippen molar-refractivity contribution in [3.05, 3.63) is 29.3 Å². The third kappa shape index (κ3) is 2.66. The van der Waals surface area contributed by atoms with Gasteiger partial charge in [0, 0.05) is 18.4 Å². The van der Waals surface area contributed by atoms with Gasteiger partial charge in [-0.05, 0) is 86.0 Å². The highest BCUT2D eigenvalue weighted by atomic mass is 16.3. The van der Waals surface area contributed by atoms with Gasteiger partial charge >= 0.3 is 0 Å². The summed E-state index contributed by atoms with van der Waals surface area (Å²) in [5.74, 6) is 8.40. The quantitative estimate of drug-likeness (QED) is 0.560. The number of benzene rings is 1. The molecule has 0 bridgehead atoms. The highest BCUT2D eigenvalue weighted by molar-refractivity contribution is 5.40. The second-order valence-electron chi connectivity index (χ2n) is 8.78. The number of unbranched alkanes of at least 4 members (excludes halogenated alkanes) is 1. The molecule has 1 unspecified atom stereocenters. The third-order valence-electron chi connectivity index (χ3n) is 7.62. The first-order valence-corrected chi connectivity index (χ1v) is 10.1.